The van der Waals surface area contributed by atoms with Gasteiger partial charge in [-0.2, -0.15) is 0 Å². The Morgan fingerprint density at radius 2 is 0.802 bits per heavy atom. The third kappa shape index (κ3) is 32.6. The fourth-order valence-corrected chi connectivity index (χ4v) is 11.4. The van der Waals surface area contributed by atoms with E-state index in [-0.39, 0.29) is 25.9 Å². The van der Waals surface area contributed by atoms with E-state index in [1.165, 1.54) is 122 Å². The van der Waals surface area contributed by atoms with Gasteiger partial charge in [-0.3, -0.25) is 4.79 Å². The molecule has 4 rings (SSSR count). The van der Waals surface area contributed by atoms with Crippen LogP contribution in [0.3, 0.4) is 0 Å². The van der Waals surface area contributed by atoms with Crippen LogP contribution in [0.2, 0.25) is 0 Å². The Hall–Kier alpha value is -3.15. The Labute approximate surface area is 495 Å². The monoisotopic (exact) mass is 1130 g/mol. The maximum atomic E-state index is 13.1. The first-order valence-electron chi connectivity index (χ1n) is 32.7. The zero-order valence-electron chi connectivity index (χ0n) is 53.2. The molecule has 460 valence electrons. The molecule has 0 unspecified atom stereocenters. The minimum absolute atomic E-state index is 0.174. The molecule has 0 aromatic heterocycles. The summed E-state index contributed by atoms with van der Waals surface area (Å²) in [6.07, 6.45) is 21.3. The molecule has 0 radical (unpaired) electrons. The lowest BCUT2D eigenvalue weighted by Crippen LogP contribution is -2.62. The summed E-state index contributed by atoms with van der Waals surface area (Å²) in [5, 5.41) is 0. The van der Waals surface area contributed by atoms with Crippen molar-refractivity contribution in [1.82, 2.24) is 0 Å². The fraction of sp³-hybridized carbons (Fsp3) is 0.736. The van der Waals surface area contributed by atoms with Gasteiger partial charge in [-0.1, -0.05) is 276 Å². The van der Waals surface area contributed by atoms with Gasteiger partial charge in [0.25, 0.3) is 0 Å². The zero-order valence-corrected chi connectivity index (χ0v) is 53.2. The Morgan fingerprint density at radius 3 is 1.22 bits per heavy atom. The van der Waals surface area contributed by atoms with Crippen molar-refractivity contribution in [2.45, 2.75) is 261 Å². The van der Waals surface area contributed by atoms with Gasteiger partial charge in [-0.15, -0.1) is 0 Å². The minimum atomic E-state index is -1.00. The van der Waals surface area contributed by atoms with E-state index in [0.29, 0.717) is 44.9 Å². The molecule has 1 saturated heterocycles. The molecule has 81 heavy (non-hydrogen) atoms. The molecule has 9 nitrogen and oxygen atoms in total. The van der Waals surface area contributed by atoms with Crippen LogP contribution in [-0.2, 0) is 62.5 Å². The normalized spacial score (nSPS) is 20.2. The number of hydrogen-bond donors (Lipinski definition) is 0. The second-order valence-corrected chi connectivity index (χ2v) is 26.1. The van der Waals surface area contributed by atoms with Crippen LogP contribution in [0, 0.1) is 47.3 Å². The minimum Gasteiger partial charge on any atom is -0.454 e. The van der Waals surface area contributed by atoms with E-state index in [0.717, 1.165) is 65.0 Å². The molecule has 9 heteroatoms. The second kappa shape index (κ2) is 42.6. The number of ether oxygens (including phenoxy) is 8. The number of carbonyl (C=O) groups is 1. The molecule has 0 aliphatic carbocycles. The summed E-state index contributed by atoms with van der Waals surface area (Å²) >= 11 is 0. The number of rotatable bonds is 47. The van der Waals surface area contributed by atoms with Gasteiger partial charge < -0.3 is 37.9 Å². The van der Waals surface area contributed by atoms with E-state index in [1.54, 1.807) is 0 Å². The van der Waals surface area contributed by atoms with Crippen LogP contribution in [0.15, 0.2) is 91.0 Å². The third-order valence-electron chi connectivity index (χ3n) is 16.9. The lowest BCUT2D eigenvalue weighted by Gasteiger charge is -2.45. The molecule has 1 aliphatic rings. The smallest absolute Gasteiger partial charge is 0.303 e. The van der Waals surface area contributed by atoms with Crippen molar-refractivity contribution in [2.24, 2.45) is 47.3 Å². The van der Waals surface area contributed by atoms with Crippen molar-refractivity contribution in [1.29, 1.82) is 0 Å². The summed E-state index contributed by atoms with van der Waals surface area (Å²) in [5.41, 5.74) is 3.03. The van der Waals surface area contributed by atoms with Crippen LogP contribution < -0.4 is 0 Å². The SMILES string of the molecule is CC(=O)O[C@@H]1[C@@H](OC[C@H](COCC[C@@H](C)CCC[C@@H](C)CCC[C@H](C)CCCC(C)C)OCC[C@@H](C)CCC[C@@H](C)CCC[C@H](C)CCCC(C)C)O[C@H](COCc2ccccc2)[C@@H](OCc2ccccc2)[C@@H]1OCc1ccccc1. The molecule has 0 spiro atoms. The van der Waals surface area contributed by atoms with Gasteiger partial charge in [0.05, 0.1) is 39.6 Å². The van der Waals surface area contributed by atoms with Crippen molar-refractivity contribution in [3.8, 4) is 0 Å². The number of hydrogen-bond acceptors (Lipinski definition) is 9. The van der Waals surface area contributed by atoms with Gasteiger partial charge in [0.15, 0.2) is 12.4 Å². The maximum Gasteiger partial charge on any atom is 0.303 e. The van der Waals surface area contributed by atoms with Crippen molar-refractivity contribution in [3.63, 3.8) is 0 Å². The van der Waals surface area contributed by atoms with Crippen LogP contribution in [0.25, 0.3) is 0 Å². The first kappa shape index (κ1) is 70.3. The summed E-state index contributed by atoms with van der Waals surface area (Å²) in [6, 6.07) is 30.2. The average molecular weight is 1130 g/mol. The first-order valence-corrected chi connectivity index (χ1v) is 32.7. The van der Waals surface area contributed by atoms with Gasteiger partial charge in [-0.05, 0) is 76.9 Å². The van der Waals surface area contributed by atoms with Crippen LogP contribution >= 0.6 is 0 Å². The molecular weight excluding hydrogens is 1010 g/mol. The summed E-state index contributed by atoms with van der Waals surface area (Å²) < 4.78 is 53.0. The van der Waals surface area contributed by atoms with E-state index in [2.05, 4.69) is 69.2 Å². The third-order valence-corrected chi connectivity index (χ3v) is 16.9. The highest BCUT2D eigenvalue weighted by atomic mass is 16.7. The van der Waals surface area contributed by atoms with Gasteiger partial charge in [0, 0.05) is 20.1 Å². The largest absolute Gasteiger partial charge is 0.454 e. The summed E-state index contributed by atoms with van der Waals surface area (Å²) in [4.78, 5) is 13.1. The molecule has 0 amide bonds. The fourth-order valence-electron chi connectivity index (χ4n) is 11.4. The highest BCUT2D eigenvalue weighted by Gasteiger charge is 2.50. The molecule has 1 aliphatic heterocycles. The van der Waals surface area contributed by atoms with Gasteiger partial charge in [0.2, 0.25) is 0 Å². The molecule has 0 bridgehead atoms. The Bertz CT molecular complexity index is 1950. The maximum absolute atomic E-state index is 13.1. The summed E-state index contributed by atoms with van der Waals surface area (Å²) in [6.45, 7) is 28.2. The van der Waals surface area contributed by atoms with Crippen LogP contribution in [0.5, 0.6) is 0 Å². The Morgan fingerprint density at radius 1 is 0.420 bits per heavy atom. The molecule has 12 atom stereocenters. The summed E-state index contributed by atoms with van der Waals surface area (Å²) in [5.74, 6) is 5.48. The summed E-state index contributed by atoms with van der Waals surface area (Å²) in [7, 11) is 0. The predicted octanol–water partition coefficient (Wildman–Crippen LogP) is 18.4. The molecule has 0 saturated carbocycles. The molecule has 1 fully saturated rings. The number of benzene rings is 3. The van der Waals surface area contributed by atoms with Crippen molar-refractivity contribution < 1.29 is 42.7 Å². The van der Waals surface area contributed by atoms with Crippen LogP contribution in [-0.4, -0.2) is 75.8 Å². The van der Waals surface area contributed by atoms with Crippen molar-refractivity contribution >= 4 is 5.97 Å². The Balaban J connectivity index is 1.41. The van der Waals surface area contributed by atoms with Gasteiger partial charge in [-0.25, -0.2) is 0 Å². The highest BCUT2D eigenvalue weighted by molar-refractivity contribution is 5.66. The van der Waals surface area contributed by atoms with Crippen LogP contribution in [0.4, 0.5) is 0 Å². The molecule has 3 aromatic carbocycles. The molecule has 0 N–H and O–H groups in total. The van der Waals surface area contributed by atoms with Crippen LogP contribution in [0.1, 0.15) is 221 Å². The topological polar surface area (TPSA) is 90.9 Å². The number of esters is 1. The van der Waals surface area contributed by atoms with E-state index in [4.69, 9.17) is 37.9 Å². The lowest BCUT2D eigenvalue weighted by molar-refractivity contribution is -0.324. The van der Waals surface area contributed by atoms with Gasteiger partial charge >= 0.3 is 5.97 Å². The van der Waals surface area contributed by atoms with Crippen molar-refractivity contribution in [2.75, 3.05) is 33.0 Å². The lowest BCUT2D eigenvalue weighted by atomic mass is 9.91. The standard InChI is InChI=1S/C72H118O9/c1-55(2)27-21-29-57(5)31-23-33-59(7)35-25-37-61(9)45-47-74-52-67(76-48-46-62(10)38-26-36-60(8)34-24-32-58(6)30-22-28-56(3)4)53-79-72-71(80-63(11)73)70(78-51-66-43-19-14-20-44-66)69(77-50-65-41-17-13-18-42-65)68(81-72)54-75-49-64-39-15-12-16-40-64/h12-20,39-44,55-62,67-72H,21-38,45-54H2,1-11H3/t57-,58-,59+,60+,61+,62+,67+,68-,69-,70+,71+,72+/m1/s1. The van der Waals surface area contributed by atoms with Gasteiger partial charge in [0.1, 0.15) is 24.4 Å². The molecule has 3 aromatic rings. The predicted molar refractivity (Wildman–Crippen MR) is 334 cm³/mol. The van der Waals surface area contributed by atoms with E-state index in [9.17, 15) is 4.79 Å². The van der Waals surface area contributed by atoms with E-state index in [1.807, 2.05) is 91.0 Å². The molecule has 1 heterocycles. The highest BCUT2D eigenvalue weighted by Crippen LogP contribution is 2.32. The Kier molecular flexibility index (Phi) is 37.0. The zero-order chi connectivity index (χ0) is 58.5. The average Bonchev–Trinajstić information content (AvgIpc) is 3.44. The quantitative estimate of drug-likeness (QED) is 0.0405. The van der Waals surface area contributed by atoms with E-state index >= 15 is 0 Å². The second-order valence-electron chi connectivity index (χ2n) is 26.1. The van der Waals surface area contributed by atoms with E-state index < -0.39 is 36.7 Å². The van der Waals surface area contributed by atoms with Crippen molar-refractivity contribution in [3.05, 3.63) is 108 Å². The first-order chi connectivity index (χ1) is 39.1. The molecular formula is C72H118O9. The number of carbonyl (C=O) groups excluding carboxylic acids is 1.